The Balaban J connectivity index is 2.29. The number of carbonyl (C=O) groups is 1. The van der Waals surface area contributed by atoms with E-state index in [-0.39, 0.29) is 0 Å². The third-order valence-electron chi connectivity index (χ3n) is 3.14. The van der Waals surface area contributed by atoms with E-state index >= 15 is 0 Å². The minimum atomic E-state index is -0.498. The number of carbonyl (C=O) groups excluding carboxylic acids is 1. The average Bonchev–Trinajstić information content (AvgIpc) is 2.77. The van der Waals surface area contributed by atoms with Crippen molar-refractivity contribution in [1.82, 2.24) is 14.8 Å². The number of primary amides is 1. The largest absolute Gasteiger partial charge is 0.382 e. The standard InChI is InChI=1S/C14H13N5O/c1-8-7-19(18-13(8)15)12-6-10(14(16)20)9-4-2-3-5-11(9)17-12/h2-7H,1H3,(H2,15,18)(H2,16,20). The van der Waals surface area contributed by atoms with Crippen molar-refractivity contribution in [3.63, 3.8) is 0 Å². The van der Waals surface area contributed by atoms with Crippen molar-refractivity contribution in [2.24, 2.45) is 5.73 Å². The van der Waals surface area contributed by atoms with Crippen molar-refractivity contribution < 1.29 is 4.79 Å². The summed E-state index contributed by atoms with van der Waals surface area (Å²) in [5.41, 5.74) is 13.1. The van der Waals surface area contributed by atoms with Crippen molar-refractivity contribution in [3.05, 3.63) is 47.7 Å². The first kappa shape index (κ1) is 12.2. The van der Waals surface area contributed by atoms with Gasteiger partial charge >= 0.3 is 0 Å². The fourth-order valence-corrected chi connectivity index (χ4v) is 2.07. The van der Waals surface area contributed by atoms with E-state index in [4.69, 9.17) is 11.5 Å². The van der Waals surface area contributed by atoms with Gasteiger partial charge in [-0.1, -0.05) is 18.2 Å². The van der Waals surface area contributed by atoms with Crippen molar-refractivity contribution in [3.8, 4) is 5.82 Å². The topological polar surface area (TPSA) is 99.8 Å². The van der Waals surface area contributed by atoms with Crippen molar-refractivity contribution in [2.75, 3.05) is 5.73 Å². The molecule has 6 nitrogen and oxygen atoms in total. The van der Waals surface area contributed by atoms with Crippen LogP contribution < -0.4 is 11.5 Å². The Kier molecular flexibility index (Phi) is 2.64. The number of nitrogens with two attached hydrogens (primary N) is 2. The molecule has 2 aromatic heterocycles. The van der Waals surface area contributed by atoms with E-state index in [1.54, 1.807) is 16.9 Å². The number of hydrogen-bond acceptors (Lipinski definition) is 4. The summed E-state index contributed by atoms with van der Waals surface area (Å²) in [7, 11) is 0. The van der Waals surface area contributed by atoms with Crippen LogP contribution in [-0.2, 0) is 0 Å². The lowest BCUT2D eigenvalue weighted by Crippen LogP contribution is -2.13. The van der Waals surface area contributed by atoms with E-state index in [0.29, 0.717) is 22.7 Å². The molecule has 0 spiro atoms. The Morgan fingerprint density at radius 1 is 1.30 bits per heavy atom. The Labute approximate surface area is 115 Å². The van der Waals surface area contributed by atoms with Crippen LogP contribution in [0.5, 0.6) is 0 Å². The number of nitrogens with zero attached hydrogens (tertiary/aromatic N) is 3. The maximum Gasteiger partial charge on any atom is 0.249 e. The molecule has 0 unspecified atom stereocenters. The molecule has 1 amide bonds. The lowest BCUT2D eigenvalue weighted by molar-refractivity contribution is 0.100. The lowest BCUT2D eigenvalue weighted by atomic mass is 10.1. The second kappa shape index (κ2) is 4.34. The number of hydrogen-bond donors (Lipinski definition) is 2. The summed E-state index contributed by atoms with van der Waals surface area (Å²) in [5.74, 6) is 0.444. The molecule has 100 valence electrons. The summed E-state index contributed by atoms with van der Waals surface area (Å²) in [6, 6.07) is 8.95. The summed E-state index contributed by atoms with van der Waals surface area (Å²) in [5, 5.41) is 4.89. The predicted octanol–water partition coefficient (Wildman–Crippen LogP) is 1.41. The summed E-state index contributed by atoms with van der Waals surface area (Å²) >= 11 is 0. The molecule has 20 heavy (non-hydrogen) atoms. The number of aryl methyl sites for hydroxylation is 1. The maximum absolute atomic E-state index is 11.6. The smallest absolute Gasteiger partial charge is 0.249 e. The Bertz CT molecular complexity index is 802. The van der Waals surface area contributed by atoms with E-state index in [9.17, 15) is 4.79 Å². The highest BCUT2D eigenvalue weighted by atomic mass is 16.1. The van der Waals surface area contributed by atoms with Crippen molar-refractivity contribution in [2.45, 2.75) is 6.92 Å². The van der Waals surface area contributed by atoms with Crippen LogP contribution in [0, 0.1) is 6.92 Å². The molecule has 3 rings (SSSR count). The number of pyridine rings is 1. The van der Waals surface area contributed by atoms with E-state index in [0.717, 1.165) is 10.9 Å². The summed E-state index contributed by atoms with van der Waals surface area (Å²) in [6.07, 6.45) is 1.76. The molecule has 0 atom stereocenters. The van der Waals surface area contributed by atoms with E-state index in [1.165, 1.54) is 0 Å². The molecule has 0 fully saturated rings. The van der Waals surface area contributed by atoms with Gasteiger partial charge in [0.1, 0.15) is 5.82 Å². The van der Waals surface area contributed by atoms with Crippen LogP contribution >= 0.6 is 0 Å². The number of rotatable bonds is 2. The molecule has 0 aliphatic rings. The van der Waals surface area contributed by atoms with Gasteiger partial charge in [-0.2, -0.15) is 0 Å². The van der Waals surface area contributed by atoms with Gasteiger partial charge < -0.3 is 11.5 Å². The second-order valence-corrected chi connectivity index (χ2v) is 4.55. The molecule has 0 aliphatic heterocycles. The van der Waals surface area contributed by atoms with Gasteiger partial charge in [-0.05, 0) is 19.1 Å². The molecule has 1 aromatic carbocycles. The zero-order valence-electron chi connectivity index (χ0n) is 10.9. The first-order valence-electron chi connectivity index (χ1n) is 6.08. The number of fused-ring (bicyclic) bond motifs is 1. The first-order chi connectivity index (χ1) is 9.56. The molecule has 3 aromatic rings. The molecule has 6 heteroatoms. The summed E-state index contributed by atoms with van der Waals surface area (Å²) in [6.45, 7) is 1.86. The van der Waals surface area contributed by atoms with Gasteiger partial charge in [-0.25, -0.2) is 9.67 Å². The highest BCUT2D eigenvalue weighted by molar-refractivity contribution is 6.05. The van der Waals surface area contributed by atoms with Crippen molar-refractivity contribution in [1.29, 1.82) is 0 Å². The molecule has 0 saturated heterocycles. The monoisotopic (exact) mass is 267 g/mol. The Morgan fingerprint density at radius 3 is 2.70 bits per heavy atom. The zero-order valence-corrected chi connectivity index (χ0v) is 10.9. The third kappa shape index (κ3) is 1.87. The van der Waals surface area contributed by atoms with Gasteiger partial charge in [0, 0.05) is 17.1 Å². The minimum absolute atomic E-state index is 0.414. The number of benzene rings is 1. The molecule has 2 heterocycles. The molecular formula is C14H13N5O. The molecular weight excluding hydrogens is 254 g/mol. The predicted molar refractivity (Wildman–Crippen MR) is 76.5 cm³/mol. The third-order valence-corrected chi connectivity index (χ3v) is 3.14. The fraction of sp³-hybridized carbons (Fsp3) is 0.0714. The lowest BCUT2D eigenvalue weighted by Gasteiger charge is -2.07. The highest BCUT2D eigenvalue weighted by Gasteiger charge is 2.12. The van der Waals surface area contributed by atoms with Crippen molar-refractivity contribution >= 4 is 22.6 Å². The van der Waals surface area contributed by atoms with Gasteiger partial charge in [0.2, 0.25) is 5.91 Å². The van der Waals surface area contributed by atoms with Crippen LogP contribution in [0.15, 0.2) is 36.5 Å². The van der Waals surface area contributed by atoms with Crippen LogP contribution in [0.4, 0.5) is 5.82 Å². The van der Waals surface area contributed by atoms with Crippen LogP contribution in [0.2, 0.25) is 0 Å². The quantitative estimate of drug-likeness (QED) is 0.733. The van der Waals surface area contributed by atoms with Gasteiger partial charge in [0.25, 0.3) is 0 Å². The second-order valence-electron chi connectivity index (χ2n) is 4.55. The normalized spacial score (nSPS) is 10.8. The van der Waals surface area contributed by atoms with E-state index in [1.807, 2.05) is 31.2 Å². The molecule has 0 bridgehead atoms. The number of aromatic nitrogens is 3. The number of amides is 1. The zero-order chi connectivity index (χ0) is 14.3. The SMILES string of the molecule is Cc1cn(-c2cc(C(N)=O)c3ccccc3n2)nc1N. The molecule has 0 radical (unpaired) electrons. The van der Waals surface area contributed by atoms with E-state index < -0.39 is 5.91 Å². The highest BCUT2D eigenvalue weighted by Crippen LogP contribution is 2.20. The summed E-state index contributed by atoms with van der Waals surface area (Å²) in [4.78, 5) is 16.1. The Hall–Kier alpha value is -2.89. The Morgan fingerprint density at radius 2 is 2.05 bits per heavy atom. The fourth-order valence-electron chi connectivity index (χ4n) is 2.07. The average molecular weight is 267 g/mol. The van der Waals surface area contributed by atoms with Gasteiger partial charge in [-0.15, -0.1) is 5.10 Å². The molecule has 0 aliphatic carbocycles. The van der Waals surface area contributed by atoms with Gasteiger partial charge in [0.15, 0.2) is 5.82 Å². The van der Waals surface area contributed by atoms with Crippen LogP contribution in [0.25, 0.3) is 16.7 Å². The van der Waals surface area contributed by atoms with Crippen LogP contribution in [0.3, 0.4) is 0 Å². The number of anilines is 1. The van der Waals surface area contributed by atoms with E-state index in [2.05, 4.69) is 10.1 Å². The minimum Gasteiger partial charge on any atom is -0.382 e. The first-order valence-corrected chi connectivity index (χ1v) is 6.08. The summed E-state index contributed by atoms with van der Waals surface area (Å²) < 4.78 is 1.55. The van der Waals surface area contributed by atoms with Gasteiger partial charge in [-0.3, -0.25) is 4.79 Å². The molecule has 4 N–H and O–H groups in total. The van der Waals surface area contributed by atoms with Gasteiger partial charge in [0.05, 0.1) is 11.1 Å². The van der Waals surface area contributed by atoms with Crippen LogP contribution in [0.1, 0.15) is 15.9 Å². The maximum atomic E-state index is 11.6. The molecule has 0 saturated carbocycles. The number of para-hydroxylation sites is 1. The van der Waals surface area contributed by atoms with Crippen LogP contribution in [-0.4, -0.2) is 20.7 Å². The number of nitrogen functional groups attached to an aromatic ring is 1.